The van der Waals surface area contributed by atoms with Crippen molar-refractivity contribution >= 4 is 55.8 Å². The fourth-order valence-corrected chi connectivity index (χ4v) is 6.36. The normalized spacial score (nSPS) is 10.0. The van der Waals surface area contributed by atoms with Gasteiger partial charge in [-0.1, -0.05) is 53.3 Å². The first-order valence-corrected chi connectivity index (χ1v) is 16.4. The van der Waals surface area contributed by atoms with Crippen LogP contribution in [-0.2, 0) is 13.2 Å². The molecule has 0 spiro atoms. The van der Waals surface area contributed by atoms with Crippen LogP contribution in [0.3, 0.4) is 0 Å². The number of hydrogen-bond donors (Lipinski definition) is 3. The summed E-state index contributed by atoms with van der Waals surface area (Å²) in [5.41, 5.74) is 1.86. The molecule has 5 rings (SSSR count). The van der Waals surface area contributed by atoms with E-state index in [0.717, 1.165) is 36.0 Å². The van der Waals surface area contributed by atoms with E-state index >= 15 is 0 Å². The van der Waals surface area contributed by atoms with Crippen LogP contribution in [0.1, 0.15) is 11.1 Å². The average Bonchev–Trinajstić information content (AvgIpc) is 3.02. The van der Waals surface area contributed by atoms with Crippen molar-refractivity contribution in [3.8, 4) is 0 Å². The first-order chi connectivity index (χ1) is 19.2. The third-order valence-corrected chi connectivity index (χ3v) is 9.35. The number of benzene rings is 2. The molecule has 5 aromatic rings. The highest BCUT2D eigenvalue weighted by Gasteiger charge is 1.99. The van der Waals surface area contributed by atoms with Crippen molar-refractivity contribution < 1.29 is 10.2 Å². The van der Waals surface area contributed by atoms with Crippen LogP contribution in [0.4, 0.5) is 0 Å². The Hall–Kier alpha value is -2.44. The van der Waals surface area contributed by atoms with Crippen molar-refractivity contribution in [2.75, 3.05) is 0 Å². The largest absolute Gasteiger partial charge is 0.392 e. The summed E-state index contributed by atoms with van der Waals surface area (Å²) in [5, 5.41) is 20.5. The molecule has 0 aliphatic heterocycles. The molecule has 0 unspecified atom stereocenters. The quantitative estimate of drug-likeness (QED) is 0.119. The predicted octanol–water partition coefficient (Wildman–Crippen LogP) is 8.12. The van der Waals surface area contributed by atoms with Gasteiger partial charge in [0.15, 0.2) is 0 Å². The van der Waals surface area contributed by atoms with Crippen molar-refractivity contribution in [2.45, 2.75) is 38.1 Å². The van der Waals surface area contributed by atoms with Gasteiger partial charge in [-0.25, -0.2) is 15.0 Å². The Bertz CT molecular complexity index is 1280. The second-order valence-corrected chi connectivity index (χ2v) is 12.4. The number of aromatic nitrogens is 3. The van der Waals surface area contributed by atoms with Gasteiger partial charge >= 0.3 is 0 Å². The third kappa shape index (κ3) is 13.0. The number of nitrogens with zero attached hydrogens (tertiary/aromatic N) is 3. The number of hydrogen-bond acceptors (Lipinski definition) is 10. The van der Waals surface area contributed by atoms with Gasteiger partial charge in [0, 0.05) is 28.4 Å². The van der Waals surface area contributed by atoms with Gasteiger partial charge in [-0.05, 0) is 104 Å². The SMILES string of the molecule is OCc1ccc(S)cc1.OCc1ccc(SSc2ccccn2)cc1.c1ccc(SSc2ccccn2)nc1. The number of aliphatic hydroxyl groups is 2. The second kappa shape index (κ2) is 18.8. The highest BCUT2D eigenvalue weighted by atomic mass is 33.1. The molecule has 5 nitrogen and oxygen atoms in total. The molecular formula is C29H27N3O2S5. The standard InChI is InChI=1S/C12H11NOS2.C10H8N2S2.C7H8OS/c14-9-10-4-6-11(7-5-10)15-16-12-3-1-2-8-13-12;1-3-7-11-9(5-1)13-14-10-6-2-4-8-12-10;8-5-6-1-3-7(9)4-2-6/h1-8,14H,9H2;1-8H;1-4,8-9H,5H2. The zero-order valence-electron chi connectivity index (χ0n) is 20.8. The van der Waals surface area contributed by atoms with E-state index in [9.17, 15) is 0 Å². The lowest BCUT2D eigenvalue weighted by Gasteiger charge is -2.01. The molecule has 0 fully saturated rings. The third-order valence-electron chi connectivity index (χ3n) is 4.57. The summed E-state index contributed by atoms with van der Waals surface area (Å²) >= 11 is 4.09. The Labute approximate surface area is 250 Å². The van der Waals surface area contributed by atoms with Crippen LogP contribution in [0.15, 0.2) is 147 Å². The topological polar surface area (TPSA) is 79.1 Å². The van der Waals surface area contributed by atoms with Crippen LogP contribution in [-0.4, -0.2) is 25.2 Å². The number of aliphatic hydroxyl groups excluding tert-OH is 2. The van der Waals surface area contributed by atoms with Crippen molar-refractivity contribution in [3.63, 3.8) is 0 Å². The van der Waals surface area contributed by atoms with Crippen LogP contribution in [0, 0.1) is 0 Å². The number of thiol groups is 1. The monoisotopic (exact) mass is 609 g/mol. The maximum Gasteiger partial charge on any atom is 0.107 e. The summed E-state index contributed by atoms with van der Waals surface area (Å²) in [5.74, 6) is 0. The maximum absolute atomic E-state index is 8.91. The fraction of sp³-hybridized carbons (Fsp3) is 0.0690. The lowest BCUT2D eigenvalue weighted by Crippen LogP contribution is -1.80. The van der Waals surface area contributed by atoms with E-state index in [4.69, 9.17) is 10.2 Å². The van der Waals surface area contributed by atoms with Gasteiger partial charge in [-0.3, -0.25) is 0 Å². The highest BCUT2D eigenvalue weighted by molar-refractivity contribution is 8.77. The molecule has 2 aromatic carbocycles. The zero-order chi connectivity index (χ0) is 27.5. The molecule has 3 aromatic heterocycles. The van der Waals surface area contributed by atoms with Gasteiger partial charge in [0.2, 0.25) is 0 Å². The molecule has 10 heteroatoms. The summed E-state index contributed by atoms with van der Waals surface area (Å²) in [7, 11) is 6.53. The molecule has 0 atom stereocenters. The minimum Gasteiger partial charge on any atom is -0.392 e. The lowest BCUT2D eigenvalue weighted by molar-refractivity contribution is 0.281. The molecule has 0 amide bonds. The van der Waals surface area contributed by atoms with Crippen molar-refractivity contribution in [2.24, 2.45) is 0 Å². The van der Waals surface area contributed by atoms with E-state index in [1.54, 1.807) is 61.8 Å². The van der Waals surface area contributed by atoms with Gasteiger partial charge in [-0.15, -0.1) is 12.6 Å². The van der Waals surface area contributed by atoms with Gasteiger partial charge in [0.05, 0.1) is 13.2 Å². The van der Waals surface area contributed by atoms with Gasteiger partial charge in [-0.2, -0.15) is 0 Å². The van der Waals surface area contributed by atoms with Crippen LogP contribution in [0.25, 0.3) is 0 Å². The minimum atomic E-state index is 0.0956. The predicted molar refractivity (Wildman–Crippen MR) is 168 cm³/mol. The molecule has 3 heterocycles. The molecule has 0 aliphatic carbocycles. The van der Waals surface area contributed by atoms with E-state index in [1.807, 2.05) is 103 Å². The Kier molecular flexibility index (Phi) is 15.0. The zero-order valence-corrected chi connectivity index (χ0v) is 24.9. The Balaban J connectivity index is 0.000000168. The fourth-order valence-electron chi connectivity index (χ4n) is 2.62. The summed E-state index contributed by atoms with van der Waals surface area (Å²) in [6.07, 6.45) is 5.38. The van der Waals surface area contributed by atoms with Crippen molar-refractivity contribution in [1.29, 1.82) is 0 Å². The van der Waals surface area contributed by atoms with Gasteiger partial charge < -0.3 is 10.2 Å². The van der Waals surface area contributed by atoms with Gasteiger partial charge in [0.1, 0.15) is 15.1 Å². The molecule has 39 heavy (non-hydrogen) atoms. The van der Waals surface area contributed by atoms with E-state index in [1.165, 1.54) is 0 Å². The number of rotatable bonds is 8. The Morgan fingerprint density at radius 1 is 0.487 bits per heavy atom. The Morgan fingerprint density at radius 2 is 0.872 bits per heavy atom. The average molecular weight is 610 g/mol. The molecule has 0 bridgehead atoms. The van der Waals surface area contributed by atoms with Crippen LogP contribution < -0.4 is 0 Å². The maximum atomic E-state index is 8.91. The molecule has 0 radical (unpaired) electrons. The summed E-state index contributed by atoms with van der Waals surface area (Å²) in [6, 6.07) is 32.9. The number of pyridine rings is 3. The Morgan fingerprint density at radius 3 is 1.23 bits per heavy atom. The first kappa shape index (κ1) is 31.1. The smallest absolute Gasteiger partial charge is 0.107 e. The van der Waals surface area contributed by atoms with E-state index in [2.05, 4.69) is 27.6 Å². The minimum absolute atomic E-state index is 0.0956. The molecule has 200 valence electrons. The highest BCUT2D eigenvalue weighted by Crippen LogP contribution is 2.36. The first-order valence-electron chi connectivity index (χ1n) is 11.7. The summed E-state index contributed by atoms with van der Waals surface area (Å²) in [4.78, 5) is 14.7. The summed E-state index contributed by atoms with van der Waals surface area (Å²) in [6.45, 7) is 0.201. The van der Waals surface area contributed by atoms with Crippen molar-refractivity contribution in [3.05, 3.63) is 133 Å². The van der Waals surface area contributed by atoms with E-state index in [-0.39, 0.29) is 13.2 Å². The van der Waals surface area contributed by atoms with E-state index < -0.39 is 0 Å². The van der Waals surface area contributed by atoms with Crippen LogP contribution in [0.2, 0.25) is 0 Å². The molecule has 0 saturated heterocycles. The van der Waals surface area contributed by atoms with Gasteiger partial charge in [0.25, 0.3) is 0 Å². The summed E-state index contributed by atoms with van der Waals surface area (Å²) < 4.78 is 0. The second-order valence-electron chi connectivity index (χ2n) is 7.46. The van der Waals surface area contributed by atoms with E-state index in [0.29, 0.717) is 0 Å². The molecule has 0 aliphatic rings. The van der Waals surface area contributed by atoms with Crippen molar-refractivity contribution in [1.82, 2.24) is 15.0 Å². The molecule has 2 N–H and O–H groups in total. The van der Waals surface area contributed by atoms with Crippen LogP contribution >= 0.6 is 55.8 Å². The molecular weight excluding hydrogens is 583 g/mol. The lowest BCUT2D eigenvalue weighted by atomic mass is 10.2. The van der Waals surface area contributed by atoms with Crippen LogP contribution in [0.5, 0.6) is 0 Å². The molecule has 0 saturated carbocycles.